The van der Waals surface area contributed by atoms with Crippen LogP contribution in [0.1, 0.15) is 11.1 Å². The molecule has 16 heavy (non-hydrogen) atoms. The first kappa shape index (κ1) is 11.1. The molecule has 0 heterocycles. The zero-order valence-corrected chi connectivity index (χ0v) is 10.4. The summed E-state index contributed by atoms with van der Waals surface area (Å²) in [4.78, 5) is 4.41. The second-order valence-corrected chi connectivity index (χ2v) is 4.43. The van der Waals surface area contributed by atoms with Crippen molar-refractivity contribution in [2.75, 3.05) is 0 Å². The minimum absolute atomic E-state index is 0.717. The molecule has 0 spiro atoms. The average Bonchev–Trinajstić information content (AvgIpc) is 2.30. The fourth-order valence-electron chi connectivity index (χ4n) is 1.43. The minimum Gasteiger partial charge on any atom is -0.288 e. The first-order valence-electron chi connectivity index (χ1n) is 5.14. The normalized spacial score (nSPS) is 10.8. The van der Waals surface area contributed by atoms with Crippen LogP contribution in [0.3, 0.4) is 0 Å². The lowest BCUT2D eigenvalue weighted by atomic mass is 10.2. The van der Waals surface area contributed by atoms with Gasteiger partial charge in [-0.1, -0.05) is 58.4 Å². The molecule has 0 N–H and O–H groups in total. The lowest BCUT2D eigenvalue weighted by Crippen LogP contribution is -1.84. The van der Waals surface area contributed by atoms with Crippen molar-refractivity contribution < 1.29 is 0 Å². The van der Waals surface area contributed by atoms with Gasteiger partial charge >= 0.3 is 0 Å². The number of halogens is 1. The van der Waals surface area contributed by atoms with Gasteiger partial charge in [0.1, 0.15) is 0 Å². The van der Waals surface area contributed by atoms with Crippen molar-refractivity contribution in [3.05, 3.63) is 70.2 Å². The van der Waals surface area contributed by atoms with Crippen molar-refractivity contribution in [3.8, 4) is 0 Å². The Kier molecular flexibility index (Phi) is 3.89. The summed E-state index contributed by atoms with van der Waals surface area (Å²) >= 11 is 3.45. The quantitative estimate of drug-likeness (QED) is 0.748. The molecule has 0 saturated heterocycles. The van der Waals surface area contributed by atoms with Crippen molar-refractivity contribution in [1.29, 1.82) is 0 Å². The van der Waals surface area contributed by atoms with Gasteiger partial charge in [-0.25, -0.2) is 0 Å². The highest BCUT2D eigenvalue weighted by Gasteiger charge is 1.91. The molecule has 2 heteroatoms. The zero-order valence-electron chi connectivity index (χ0n) is 8.81. The highest BCUT2D eigenvalue weighted by atomic mass is 79.9. The molecule has 80 valence electrons. The molecule has 0 aliphatic carbocycles. The van der Waals surface area contributed by atoms with E-state index in [-0.39, 0.29) is 0 Å². The van der Waals surface area contributed by atoms with Gasteiger partial charge in [-0.3, -0.25) is 4.99 Å². The molecule has 2 aromatic rings. The van der Waals surface area contributed by atoms with Crippen LogP contribution in [-0.2, 0) is 6.54 Å². The van der Waals surface area contributed by atoms with E-state index in [1.807, 2.05) is 48.7 Å². The first-order chi connectivity index (χ1) is 7.84. The van der Waals surface area contributed by atoms with Crippen LogP contribution in [0, 0.1) is 0 Å². The third-order valence-corrected chi connectivity index (χ3v) is 2.70. The predicted molar refractivity (Wildman–Crippen MR) is 71.9 cm³/mol. The van der Waals surface area contributed by atoms with E-state index in [1.54, 1.807) is 0 Å². The number of nitrogens with zero attached hydrogens (tertiary/aromatic N) is 1. The molecule has 0 aliphatic heterocycles. The van der Waals surface area contributed by atoms with Gasteiger partial charge < -0.3 is 0 Å². The number of hydrogen-bond acceptors (Lipinski definition) is 1. The maximum absolute atomic E-state index is 4.41. The van der Waals surface area contributed by atoms with E-state index in [4.69, 9.17) is 0 Å². The van der Waals surface area contributed by atoms with Crippen LogP contribution in [0.25, 0.3) is 0 Å². The molecule has 0 unspecified atom stereocenters. The summed E-state index contributed by atoms with van der Waals surface area (Å²) in [6, 6.07) is 18.3. The Bertz CT molecular complexity index is 477. The van der Waals surface area contributed by atoms with E-state index in [1.165, 1.54) is 5.56 Å². The Morgan fingerprint density at radius 2 is 1.81 bits per heavy atom. The smallest absolute Gasteiger partial charge is 0.0640 e. The summed E-state index contributed by atoms with van der Waals surface area (Å²) in [7, 11) is 0. The predicted octanol–water partition coefficient (Wildman–Crippen LogP) is 4.07. The van der Waals surface area contributed by atoms with Crippen LogP contribution < -0.4 is 0 Å². The molecule has 1 nitrogen and oxygen atoms in total. The first-order valence-corrected chi connectivity index (χ1v) is 5.93. The fourth-order valence-corrected chi connectivity index (χ4v) is 1.88. The number of hydrogen-bond donors (Lipinski definition) is 0. The number of aliphatic imine (C=N–C) groups is 1. The van der Waals surface area contributed by atoms with Crippen LogP contribution in [0.5, 0.6) is 0 Å². The molecule has 0 fully saturated rings. The van der Waals surface area contributed by atoms with Gasteiger partial charge in [0.05, 0.1) is 6.54 Å². The molecule has 0 bridgehead atoms. The Hall–Kier alpha value is -1.41. The van der Waals surface area contributed by atoms with E-state index in [0.29, 0.717) is 6.54 Å². The van der Waals surface area contributed by atoms with Gasteiger partial charge in [0.25, 0.3) is 0 Å². The van der Waals surface area contributed by atoms with Crippen molar-refractivity contribution >= 4 is 22.1 Å². The lowest BCUT2D eigenvalue weighted by Gasteiger charge is -1.97. The van der Waals surface area contributed by atoms with Gasteiger partial charge in [-0.2, -0.15) is 0 Å². The molecular formula is C14H12BrN. The fraction of sp³-hybridized carbons (Fsp3) is 0.0714. The Morgan fingerprint density at radius 3 is 2.56 bits per heavy atom. The molecule has 2 rings (SSSR count). The highest BCUT2D eigenvalue weighted by Crippen LogP contribution is 2.12. The zero-order chi connectivity index (χ0) is 11.2. The molecule has 0 amide bonds. The van der Waals surface area contributed by atoms with E-state index < -0.39 is 0 Å². The summed E-state index contributed by atoms with van der Waals surface area (Å²) < 4.78 is 1.10. The molecule has 2 aromatic carbocycles. The number of rotatable bonds is 3. The van der Waals surface area contributed by atoms with Crippen LogP contribution in [0.15, 0.2) is 64.1 Å². The molecule has 0 aliphatic rings. The maximum atomic E-state index is 4.41. The van der Waals surface area contributed by atoms with Gasteiger partial charge in [-0.15, -0.1) is 0 Å². The van der Waals surface area contributed by atoms with Crippen LogP contribution in [0.2, 0.25) is 0 Å². The van der Waals surface area contributed by atoms with Crippen molar-refractivity contribution in [1.82, 2.24) is 0 Å². The third kappa shape index (κ3) is 3.31. The van der Waals surface area contributed by atoms with E-state index in [0.717, 1.165) is 10.0 Å². The van der Waals surface area contributed by atoms with Crippen LogP contribution >= 0.6 is 15.9 Å². The van der Waals surface area contributed by atoms with Gasteiger partial charge in [0.15, 0.2) is 0 Å². The highest BCUT2D eigenvalue weighted by molar-refractivity contribution is 9.10. The Balaban J connectivity index is 2.00. The van der Waals surface area contributed by atoms with Crippen molar-refractivity contribution in [2.24, 2.45) is 4.99 Å². The standard InChI is InChI=1S/C14H12BrN/c15-14-8-4-7-13(9-14)11-16-10-12-5-2-1-3-6-12/h1-10H,11H2. The van der Waals surface area contributed by atoms with Gasteiger partial charge in [-0.05, 0) is 23.3 Å². The van der Waals surface area contributed by atoms with Crippen molar-refractivity contribution in [2.45, 2.75) is 6.54 Å². The number of benzene rings is 2. The maximum Gasteiger partial charge on any atom is 0.0640 e. The monoisotopic (exact) mass is 273 g/mol. The Labute approximate surface area is 104 Å². The van der Waals surface area contributed by atoms with Crippen LogP contribution in [-0.4, -0.2) is 6.21 Å². The minimum atomic E-state index is 0.717. The second kappa shape index (κ2) is 5.61. The van der Waals surface area contributed by atoms with E-state index in [9.17, 15) is 0 Å². The average molecular weight is 274 g/mol. The topological polar surface area (TPSA) is 12.4 Å². The van der Waals surface area contributed by atoms with Crippen LogP contribution in [0.4, 0.5) is 0 Å². The molecule has 0 atom stereocenters. The van der Waals surface area contributed by atoms with Crippen molar-refractivity contribution in [3.63, 3.8) is 0 Å². The summed E-state index contributed by atoms with van der Waals surface area (Å²) in [5.41, 5.74) is 2.35. The molecule has 0 radical (unpaired) electrons. The summed E-state index contributed by atoms with van der Waals surface area (Å²) in [5, 5.41) is 0. The second-order valence-electron chi connectivity index (χ2n) is 3.51. The SMILES string of the molecule is Brc1cccc(CN=Cc2ccccc2)c1. The molecule has 0 saturated carbocycles. The van der Waals surface area contributed by atoms with E-state index >= 15 is 0 Å². The lowest BCUT2D eigenvalue weighted by molar-refractivity contribution is 1.07. The summed E-state index contributed by atoms with van der Waals surface area (Å²) in [6.07, 6.45) is 1.90. The van der Waals surface area contributed by atoms with E-state index in [2.05, 4.69) is 33.1 Å². The summed E-state index contributed by atoms with van der Waals surface area (Å²) in [5.74, 6) is 0. The summed E-state index contributed by atoms with van der Waals surface area (Å²) in [6.45, 7) is 0.717. The Morgan fingerprint density at radius 1 is 1.00 bits per heavy atom. The van der Waals surface area contributed by atoms with Gasteiger partial charge in [0.2, 0.25) is 0 Å². The van der Waals surface area contributed by atoms with Gasteiger partial charge in [0, 0.05) is 10.7 Å². The molecular weight excluding hydrogens is 262 g/mol. The largest absolute Gasteiger partial charge is 0.288 e. The molecule has 0 aromatic heterocycles. The third-order valence-electron chi connectivity index (χ3n) is 2.20.